The van der Waals surface area contributed by atoms with Crippen molar-refractivity contribution in [3.05, 3.63) is 23.8 Å². The molecule has 0 bridgehead atoms. The fourth-order valence-corrected chi connectivity index (χ4v) is 1.74. The average Bonchev–Trinajstić information content (AvgIpc) is 2.34. The van der Waals surface area contributed by atoms with Crippen molar-refractivity contribution in [3.63, 3.8) is 0 Å². The SMILES string of the molecule is Cl.FC1(F)Oc2ccc(C3CNC3)cc2O1. The molecule has 0 atom stereocenters. The van der Waals surface area contributed by atoms with Crippen LogP contribution in [0.4, 0.5) is 8.78 Å². The van der Waals surface area contributed by atoms with Gasteiger partial charge in [-0.1, -0.05) is 6.07 Å². The second kappa shape index (κ2) is 3.75. The minimum atomic E-state index is -3.52. The van der Waals surface area contributed by atoms with Crippen LogP contribution in [-0.2, 0) is 0 Å². The van der Waals surface area contributed by atoms with E-state index in [0.29, 0.717) is 5.92 Å². The molecule has 1 aromatic carbocycles. The summed E-state index contributed by atoms with van der Waals surface area (Å²) in [5.41, 5.74) is 1.01. The van der Waals surface area contributed by atoms with Gasteiger partial charge >= 0.3 is 6.29 Å². The van der Waals surface area contributed by atoms with Gasteiger partial charge in [-0.2, -0.15) is 0 Å². The smallest absolute Gasteiger partial charge is 0.395 e. The predicted octanol–water partition coefficient (Wildman–Crippen LogP) is 2.12. The van der Waals surface area contributed by atoms with Gasteiger partial charge in [0.1, 0.15) is 0 Å². The molecule has 3 nitrogen and oxygen atoms in total. The lowest BCUT2D eigenvalue weighted by Crippen LogP contribution is -2.39. The monoisotopic (exact) mass is 249 g/mol. The van der Waals surface area contributed by atoms with Crippen LogP contribution in [0.2, 0.25) is 0 Å². The summed E-state index contributed by atoms with van der Waals surface area (Å²) in [6.07, 6.45) is -3.52. The summed E-state index contributed by atoms with van der Waals surface area (Å²) in [5.74, 6) is 0.633. The number of rotatable bonds is 1. The molecule has 0 saturated carbocycles. The first-order valence-electron chi connectivity index (χ1n) is 4.74. The van der Waals surface area contributed by atoms with Crippen LogP contribution in [-0.4, -0.2) is 19.4 Å². The lowest BCUT2D eigenvalue weighted by Gasteiger charge is -2.27. The van der Waals surface area contributed by atoms with Gasteiger partial charge in [0.15, 0.2) is 11.5 Å². The Kier molecular flexibility index (Phi) is 2.67. The Morgan fingerprint density at radius 2 is 1.88 bits per heavy atom. The minimum absolute atomic E-state index is 0. The second-order valence-corrected chi connectivity index (χ2v) is 3.73. The molecule has 6 heteroatoms. The normalized spacial score (nSPS) is 21.1. The van der Waals surface area contributed by atoms with Gasteiger partial charge in [0.25, 0.3) is 0 Å². The Morgan fingerprint density at radius 3 is 2.50 bits per heavy atom. The fraction of sp³-hybridized carbons (Fsp3) is 0.400. The summed E-state index contributed by atoms with van der Waals surface area (Å²) >= 11 is 0. The van der Waals surface area contributed by atoms with Crippen LogP contribution in [0.5, 0.6) is 11.5 Å². The molecule has 0 spiro atoms. The van der Waals surface area contributed by atoms with Crippen molar-refractivity contribution in [2.24, 2.45) is 0 Å². The van der Waals surface area contributed by atoms with Crippen LogP contribution >= 0.6 is 12.4 Å². The quantitative estimate of drug-likeness (QED) is 0.827. The predicted molar refractivity (Wildman–Crippen MR) is 55.5 cm³/mol. The summed E-state index contributed by atoms with van der Waals surface area (Å²) in [5, 5.41) is 3.12. The summed E-state index contributed by atoms with van der Waals surface area (Å²) in [6, 6.07) is 4.96. The molecule has 0 unspecified atom stereocenters. The van der Waals surface area contributed by atoms with E-state index in [2.05, 4.69) is 14.8 Å². The van der Waals surface area contributed by atoms with Gasteiger partial charge in [-0.05, 0) is 17.7 Å². The number of hydrogen-bond donors (Lipinski definition) is 1. The molecule has 1 saturated heterocycles. The van der Waals surface area contributed by atoms with Gasteiger partial charge < -0.3 is 14.8 Å². The van der Waals surface area contributed by atoms with Crippen LogP contribution in [0.3, 0.4) is 0 Å². The highest BCUT2D eigenvalue weighted by atomic mass is 35.5. The zero-order valence-corrected chi connectivity index (χ0v) is 9.02. The van der Waals surface area contributed by atoms with E-state index in [9.17, 15) is 8.78 Å². The molecule has 2 aliphatic heterocycles. The van der Waals surface area contributed by atoms with Gasteiger partial charge in [0.05, 0.1) is 0 Å². The first kappa shape index (κ1) is 11.4. The summed E-state index contributed by atoms with van der Waals surface area (Å²) in [6.45, 7) is 1.77. The summed E-state index contributed by atoms with van der Waals surface area (Å²) in [7, 11) is 0. The number of fused-ring (bicyclic) bond motifs is 1. The molecule has 3 rings (SSSR count). The Morgan fingerprint density at radius 1 is 1.19 bits per heavy atom. The van der Waals surface area contributed by atoms with Crippen LogP contribution in [0, 0.1) is 0 Å². The third-order valence-electron chi connectivity index (χ3n) is 2.68. The highest BCUT2D eigenvalue weighted by Gasteiger charge is 2.43. The number of hydrogen-bond acceptors (Lipinski definition) is 3. The molecular formula is C10H10ClF2NO2. The zero-order chi connectivity index (χ0) is 10.5. The molecule has 2 heterocycles. The first-order valence-corrected chi connectivity index (χ1v) is 4.74. The molecule has 0 amide bonds. The van der Waals surface area contributed by atoms with E-state index < -0.39 is 6.29 Å². The number of nitrogens with one attached hydrogen (secondary N) is 1. The Balaban J connectivity index is 0.000000963. The van der Waals surface area contributed by atoms with E-state index in [1.807, 2.05) is 0 Å². The maximum Gasteiger partial charge on any atom is 0.586 e. The van der Waals surface area contributed by atoms with Crippen LogP contribution < -0.4 is 14.8 Å². The maximum atomic E-state index is 12.7. The number of halogens is 3. The lowest BCUT2D eigenvalue weighted by molar-refractivity contribution is -0.286. The highest BCUT2D eigenvalue weighted by Crippen LogP contribution is 2.42. The van der Waals surface area contributed by atoms with Gasteiger partial charge in [0.2, 0.25) is 0 Å². The van der Waals surface area contributed by atoms with Crippen LogP contribution in [0.25, 0.3) is 0 Å². The molecule has 1 fully saturated rings. The van der Waals surface area contributed by atoms with E-state index in [-0.39, 0.29) is 23.9 Å². The van der Waals surface area contributed by atoms with Crippen molar-refractivity contribution < 1.29 is 18.3 Å². The van der Waals surface area contributed by atoms with Crippen LogP contribution in [0.1, 0.15) is 11.5 Å². The largest absolute Gasteiger partial charge is 0.586 e. The van der Waals surface area contributed by atoms with E-state index >= 15 is 0 Å². The Bertz CT molecular complexity index is 410. The van der Waals surface area contributed by atoms with Crippen molar-refractivity contribution in [3.8, 4) is 11.5 Å². The van der Waals surface area contributed by atoms with Gasteiger partial charge in [0, 0.05) is 19.0 Å². The lowest BCUT2D eigenvalue weighted by atomic mass is 9.93. The molecular weight excluding hydrogens is 240 g/mol. The maximum absolute atomic E-state index is 12.7. The summed E-state index contributed by atoms with van der Waals surface area (Å²) in [4.78, 5) is 0. The Labute approximate surface area is 97.1 Å². The van der Waals surface area contributed by atoms with Crippen molar-refractivity contribution in [2.75, 3.05) is 13.1 Å². The third-order valence-corrected chi connectivity index (χ3v) is 2.68. The third kappa shape index (κ3) is 1.81. The van der Waals surface area contributed by atoms with E-state index in [4.69, 9.17) is 0 Å². The molecule has 1 N–H and O–H groups in total. The molecule has 0 radical (unpaired) electrons. The van der Waals surface area contributed by atoms with Gasteiger partial charge in [-0.15, -0.1) is 21.2 Å². The molecule has 16 heavy (non-hydrogen) atoms. The van der Waals surface area contributed by atoms with E-state index in [1.165, 1.54) is 6.07 Å². The zero-order valence-electron chi connectivity index (χ0n) is 8.20. The van der Waals surface area contributed by atoms with Crippen molar-refractivity contribution in [1.82, 2.24) is 5.32 Å². The minimum Gasteiger partial charge on any atom is -0.395 e. The van der Waals surface area contributed by atoms with Gasteiger partial charge in [-0.25, -0.2) is 0 Å². The highest BCUT2D eigenvalue weighted by molar-refractivity contribution is 5.85. The van der Waals surface area contributed by atoms with Crippen LogP contribution in [0.15, 0.2) is 18.2 Å². The molecule has 0 aromatic heterocycles. The topological polar surface area (TPSA) is 30.5 Å². The fourth-order valence-electron chi connectivity index (χ4n) is 1.74. The number of alkyl halides is 2. The summed E-state index contributed by atoms with van der Waals surface area (Å²) < 4.78 is 34.1. The average molecular weight is 250 g/mol. The first-order chi connectivity index (χ1) is 7.14. The second-order valence-electron chi connectivity index (χ2n) is 3.73. The molecule has 88 valence electrons. The van der Waals surface area contributed by atoms with E-state index in [1.54, 1.807) is 12.1 Å². The van der Waals surface area contributed by atoms with Crippen molar-refractivity contribution >= 4 is 12.4 Å². The number of benzene rings is 1. The van der Waals surface area contributed by atoms with Crippen molar-refractivity contribution in [1.29, 1.82) is 0 Å². The van der Waals surface area contributed by atoms with Crippen molar-refractivity contribution in [2.45, 2.75) is 12.2 Å². The standard InChI is InChI=1S/C10H9F2NO2.ClH/c11-10(12)14-8-2-1-6(3-9(8)15-10)7-4-13-5-7;/h1-3,7,13H,4-5H2;1H. The molecule has 1 aromatic rings. The number of ether oxygens (including phenoxy) is 2. The van der Waals surface area contributed by atoms with Gasteiger partial charge in [-0.3, -0.25) is 0 Å². The Hall–Kier alpha value is -1.07. The molecule has 2 aliphatic rings. The van der Waals surface area contributed by atoms with E-state index in [0.717, 1.165) is 18.7 Å². The molecule has 0 aliphatic carbocycles.